The predicted molar refractivity (Wildman–Crippen MR) is 110 cm³/mol. The number of nitrogens with zero attached hydrogens (tertiary/aromatic N) is 3. The Morgan fingerprint density at radius 1 is 1.21 bits per heavy atom. The standard InChI is InChI=1S/C20H24F4N4S/c1-12(2)17-11-27(14-4-5-15(21)18(9-14)29-3)6-7-28(17)19-16(25)8-13(10-26-19)20(22,23)24/h4-5,8-10,12,17H,6-7,11,25H2,1-3H3. The van der Waals surface area contributed by atoms with E-state index < -0.39 is 11.7 Å². The number of rotatable bonds is 4. The highest BCUT2D eigenvalue weighted by Gasteiger charge is 2.34. The van der Waals surface area contributed by atoms with Gasteiger partial charge in [0.15, 0.2) is 5.82 Å². The Kier molecular flexibility index (Phi) is 6.16. The predicted octanol–water partition coefficient (Wildman–Crippen LogP) is 4.89. The fourth-order valence-corrected chi connectivity index (χ4v) is 4.09. The van der Waals surface area contributed by atoms with Crippen LogP contribution in [0.3, 0.4) is 0 Å². The number of hydrogen-bond acceptors (Lipinski definition) is 5. The number of aromatic nitrogens is 1. The molecule has 29 heavy (non-hydrogen) atoms. The molecule has 1 aliphatic rings. The number of halogens is 4. The van der Waals surface area contributed by atoms with Crippen molar-refractivity contribution < 1.29 is 17.6 Å². The maximum absolute atomic E-state index is 13.8. The highest BCUT2D eigenvalue weighted by Crippen LogP contribution is 2.35. The highest BCUT2D eigenvalue weighted by atomic mass is 32.2. The van der Waals surface area contributed by atoms with E-state index >= 15 is 0 Å². The first-order chi connectivity index (χ1) is 13.6. The van der Waals surface area contributed by atoms with Gasteiger partial charge in [0, 0.05) is 36.4 Å². The molecule has 1 aliphatic heterocycles. The molecule has 1 aromatic heterocycles. The lowest BCUT2D eigenvalue weighted by molar-refractivity contribution is -0.137. The van der Waals surface area contributed by atoms with Crippen molar-refractivity contribution in [1.29, 1.82) is 0 Å². The summed E-state index contributed by atoms with van der Waals surface area (Å²) >= 11 is 1.35. The number of anilines is 3. The van der Waals surface area contributed by atoms with Crippen molar-refractivity contribution in [3.63, 3.8) is 0 Å². The second kappa shape index (κ2) is 8.30. The van der Waals surface area contributed by atoms with Gasteiger partial charge in [0.25, 0.3) is 0 Å². The van der Waals surface area contributed by atoms with Crippen molar-refractivity contribution in [2.75, 3.05) is 41.4 Å². The van der Waals surface area contributed by atoms with E-state index in [1.54, 1.807) is 6.07 Å². The largest absolute Gasteiger partial charge is 0.417 e. The first-order valence-electron chi connectivity index (χ1n) is 9.29. The lowest BCUT2D eigenvalue weighted by atomic mass is 9.98. The normalized spacial score (nSPS) is 17.9. The van der Waals surface area contributed by atoms with Crippen LogP contribution in [0.5, 0.6) is 0 Å². The van der Waals surface area contributed by atoms with Crippen LogP contribution in [-0.2, 0) is 6.18 Å². The number of piperazine rings is 1. The van der Waals surface area contributed by atoms with Gasteiger partial charge in [-0.1, -0.05) is 13.8 Å². The molecule has 9 heteroatoms. The summed E-state index contributed by atoms with van der Waals surface area (Å²) in [7, 11) is 0. The number of hydrogen-bond donors (Lipinski definition) is 1. The minimum Gasteiger partial charge on any atom is -0.396 e. The summed E-state index contributed by atoms with van der Waals surface area (Å²) in [5.41, 5.74) is 6.04. The van der Waals surface area contributed by atoms with Crippen LogP contribution in [0.4, 0.5) is 34.8 Å². The molecule has 1 atom stereocenters. The lowest BCUT2D eigenvalue weighted by Crippen LogP contribution is -2.56. The van der Waals surface area contributed by atoms with E-state index in [2.05, 4.69) is 23.7 Å². The Morgan fingerprint density at radius 3 is 2.52 bits per heavy atom. The summed E-state index contributed by atoms with van der Waals surface area (Å²) in [5, 5.41) is 0. The van der Waals surface area contributed by atoms with Gasteiger partial charge in [-0.3, -0.25) is 0 Å². The lowest BCUT2D eigenvalue weighted by Gasteiger charge is -2.45. The van der Waals surface area contributed by atoms with Crippen LogP contribution in [0.2, 0.25) is 0 Å². The Labute approximate surface area is 172 Å². The number of pyridine rings is 1. The molecule has 2 aromatic rings. The van der Waals surface area contributed by atoms with Gasteiger partial charge in [-0.05, 0) is 36.4 Å². The topological polar surface area (TPSA) is 45.4 Å². The molecule has 0 spiro atoms. The molecule has 1 fully saturated rings. The van der Waals surface area contributed by atoms with Crippen molar-refractivity contribution >= 4 is 29.0 Å². The van der Waals surface area contributed by atoms with Crippen LogP contribution >= 0.6 is 11.8 Å². The molecule has 3 rings (SSSR count). The first kappa shape index (κ1) is 21.5. The minimum atomic E-state index is -4.48. The monoisotopic (exact) mass is 428 g/mol. The Morgan fingerprint density at radius 2 is 1.93 bits per heavy atom. The first-order valence-corrected chi connectivity index (χ1v) is 10.5. The van der Waals surface area contributed by atoms with Gasteiger partial charge in [0.05, 0.1) is 17.3 Å². The molecule has 158 valence electrons. The van der Waals surface area contributed by atoms with Crippen molar-refractivity contribution in [3.05, 3.63) is 41.8 Å². The summed E-state index contributed by atoms with van der Waals surface area (Å²) in [4.78, 5) is 8.78. The summed E-state index contributed by atoms with van der Waals surface area (Å²) in [6.45, 7) is 5.93. The number of thioether (sulfide) groups is 1. The molecule has 2 N–H and O–H groups in total. The summed E-state index contributed by atoms with van der Waals surface area (Å²) in [6, 6.07) is 5.99. The van der Waals surface area contributed by atoms with Crippen LogP contribution in [0.1, 0.15) is 19.4 Å². The maximum Gasteiger partial charge on any atom is 0.417 e. The molecule has 1 aromatic carbocycles. The Balaban J connectivity index is 1.87. The highest BCUT2D eigenvalue weighted by molar-refractivity contribution is 7.98. The van der Waals surface area contributed by atoms with Crippen LogP contribution in [0.25, 0.3) is 0 Å². The van der Waals surface area contributed by atoms with Crippen LogP contribution in [0, 0.1) is 11.7 Å². The summed E-state index contributed by atoms with van der Waals surface area (Å²) in [6.07, 6.45) is -1.82. The van der Waals surface area contributed by atoms with Crippen molar-refractivity contribution in [2.24, 2.45) is 5.92 Å². The van der Waals surface area contributed by atoms with Crippen LogP contribution in [-0.4, -0.2) is 36.9 Å². The molecule has 1 saturated heterocycles. The summed E-state index contributed by atoms with van der Waals surface area (Å²) < 4.78 is 52.6. The van der Waals surface area contributed by atoms with E-state index in [1.165, 1.54) is 17.8 Å². The van der Waals surface area contributed by atoms with E-state index in [4.69, 9.17) is 5.73 Å². The van der Waals surface area contributed by atoms with Gasteiger partial charge in [0.1, 0.15) is 5.82 Å². The van der Waals surface area contributed by atoms with E-state index in [0.29, 0.717) is 30.3 Å². The van der Waals surface area contributed by atoms with Crippen LogP contribution < -0.4 is 15.5 Å². The molecule has 0 aliphatic carbocycles. The van der Waals surface area contributed by atoms with Crippen molar-refractivity contribution in [3.8, 4) is 0 Å². The maximum atomic E-state index is 13.8. The van der Waals surface area contributed by atoms with Gasteiger partial charge in [-0.25, -0.2) is 9.37 Å². The average Bonchev–Trinajstić information content (AvgIpc) is 2.67. The zero-order valence-electron chi connectivity index (χ0n) is 16.5. The molecular formula is C20H24F4N4S. The molecule has 2 heterocycles. The van der Waals surface area contributed by atoms with Gasteiger partial charge >= 0.3 is 6.18 Å². The third-order valence-electron chi connectivity index (χ3n) is 5.18. The second-order valence-corrected chi connectivity index (χ2v) is 8.25. The van der Waals surface area contributed by atoms with Crippen molar-refractivity contribution in [2.45, 2.75) is 31.0 Å². The molecule has 4 nitrogen and oxygen atoms in total. The third kappa shape index (κ3) is 4.55. The van der Waals surface area contributed by atoms with Gasteiger partial charge in [-0.15, -0.1) is 11.8 Å². The SMILES string of the molecule is CSc1cc(N2CCN(c3ncc(C(F)(F)F)cc3N)C(C(C)C)C2)ccc1F. The molecule has 0 amide bonds. The minimum absolute atomic E-state index is 0.00179. The quantitative estimate of drug-likeness (QED) is 0.555. The van der Waals surface area contributed by atoms with Gasteiger partial charge in [-0.2, -0.15) is 13.2 Å². The fourth-order valence-electron chi connectivity index (χ4n) is 3.59. The zero-order valence-corrected chi connectivity index (χ0v) is 17.3. The Hall–Kier alpha value is -2.16. The van der Waals surface area contributed by atoms with E-state index in [9.17, 15) is 17.6 Å². The molecular weight excluding hydrogens is 404 g/mol. The van der Waals surface area contributed by atoms with Crippen LogP contribution in [0.15, 0.2) is 35.4 Å². The van der Waals surface area contributed by atoms with Gasteiger partial charge in [0.2, 0.25) is 0 Å². The molecule has 0 radical (unpaired) electrons. The van der Waals surface area contributed by atoms with E-state index in [0.717, 1.165) is 18.0 Å². The number of nitrogen functional groups attached to an aromatic ring is 1. The number of alkyl halides is 3. The average molecular weight is 428 g/mol. The number of benzene rings is 1. The van der Waals surface area contributed by atoms with E-state index in [-0.39, 0.29) is 23.5 Å². The van der Waals surface area contributed by atoms with E-state index in [1.807, 2.05) is 17.2 Å². The zero-order chi connectivity index (χ0) is 21.3. The molecule has 0 saturated carbocycles. The smallest absolute Gasteiger partial charge is 0.396 e. The molecule has 0 bridgehead atoms. The molecule has 1 unspecified atom stereocenters. The Bertz CT molecular complexity index is 872. The fraction of sp³-hybridized carbons (Fsp3) is 0.450. The third-order valence-corrected chi connectivity index (χ3v) is 5.94. The van der Waals surface area contributed by atoms with Crippen molar-refractivity contribution in [1.82, 2.24) is 4.98 Å². The second-order valence-electron chi connectivity index (χ2n) is 7.40. The van der Waals surface area contributed by atoms with Gasteiger partial charge < -0.3 is 15.5 Å². The summed E-state index contributed by atoms with van der Waals surface area (Å²) in [5.74, 6) is 0.337. The number of nitrogens with two attached hydrogens (primary N) is 1.